The molecule has 1 atom stereocenters. The molecule has 1 unspecified atom stereocenters. The van der Waals surface area contributed by atoms with Crippen LogP contribution in [-0.2, 0) is 6.18 Å². The van der Waals surface area contributed by atoms with Crippen LogP contribution in [0.3, 0.4) is 0 Å². The lowest BCUT2D eigenvalue weighted by atomic mass is 10.1. The summed E-state index contributed by atoms with van der Waals surface area (Å²) in [7, 11) is 0. The molecule has 2 rings (SSSR count). The quantitative estimate of drug-likeness (QED) is 0.830. The summed E-state index contributed by atoms with van der Waals surface area (Å²) >= 11 is 3.30. The molecule has 1 heterocycles. The topological polar surface area (TPSA) is 15.3 Å². The van der Waals surface area contributed by atoms with Crippen LogP contribution in [0.1, 0.15) is 31.7 Å². The third-order valence-electron chi connectivity index (χ3n) is 3.71. The highest BCUT2D eigenvalue weighted by Gasteiger charge is 2.31. The maximum atomic E-state index is 12.7. The number of halogens is 4. The van der Waals surface area contributed by atoms with Crippen molar-refractivity contribution in [3.8, 4) is 0 Å². The van der Waals surface area contributed by atoms with E-state index >= 15 is 0 Å². The zero-order chi connectivity index (χ0) is 15.5. The van der Waals surface area contributed by atoms with Crippen molar-refractivity contribution in [1.82, 2.24) is 5.32 Å². The first-order valence-corrected chi connectivity index (χ1v) is 8.06. The van der Waals surface area contributed by atoms with E-state index in [1.807, 2.05) is 0 Å². The molecular formula is C15H20BrF3N2. The minimum Gasteiger partial charge on any atom is -0.369 e. The van der Waals surface area contributed by atoms with Crippen molar-refractivity contribution in [1.29, 1.82) is 0 Å². The molecule has 0 amide bonds. The van der Waals surface area contributed by atoms with Crippen molar-refractivity contribution in [2.45, 2.75) is 38.4 Å². The summed E-state index contributed by atoms with van der Waals surface area (Å²) in [5.41, 5.74) is 0.215. The SMILES string of the molecule is CCCN(CC1CCCN1)c1ccc(C(F)(F)F)cc1Br. The van der Waals surface area contributed by atoms with E-state index in [-0.39, 0.29) is 0 Å². The van der Waals surface area contributed by atoms with E-state index in [0.29, 0.717) is 10.5 Å². The number of alkyl halides is 3. The molecule has 0 aliphatic carbocycles. The molecule has 1 aromatic carbocycles. The molecule has 1 saturated heterocycles. The van der Waals surface area contributed by atoms with Crippen LogP contribution < -0.4 is 10.2 Å². The number of rotatable bonds is 5. The Morgan fingerprint density at radius 2 is 2.14 bits per heavy atom. The van der Waals surface area contributed by atoms with E-state index in [2.05, 4.69) is 33.1 Å². The van der Waals surface area contributed by atoms with Crippen LogP contribution >= 0.6 is 15.9 Å². The molecule has 0 aromatic heterocycles. The average Bonchev–Trinajstić information content (AvgIpc) is 2.90. The third kappa shape index (κ3) is 4.36. The van der Waals surface area contributed by atoms with Gasteiger partial charge in [0.2, 0.25) is 0 Å². The second-order valence-electron chi connectivity index (χ2n) is 5.40. The van der Waals surface area contributed by atoms with Crippen LogP contribution in [0.5, 0.6) is 0 Å². The lowest BCUT2D eigenvalue weighted by molar-refractivity contribution is -0.137. The van der Waals surface area contributed by atoms with Gasteiger partial charge < -0.3 is 10.2 Å². The monoisotopic (exact) mass is 364 g/mol. The average molecular weight is 365 g/mol. The molecule has 6 heteroatoms. The Labute approximate surface area is 131 Å². The van der Waals surface area contributed by atoms with E-state index in [4.69, 9.17) is 0 Å². The molecule has 0 bridgehead atoms. The molecule has 21 heavy (non-hydrogen) atoms. The Morgan fingerprint density at radius 3 is 2.67 bits per heavy atom. The highest BCUT2D eigenvalue weighted by Crippen LogP contribution is 2.35. The number of benzene rings is 1. The van der Waals surface area contributed by atoms with Gasteiger partial charge in [0, 0.05) is 23.6 Å². The van der Waals surface area contributed by atoms with E-state index in [1.165, 1.54) is 12.5 Å². The zero-order valence-electron chi connectivity index (χ0n) is 12.0. The van der Waals surface area contributed by atoms with Crippen molar-refractivity contribution in [2.75, 3.05) is 24.5 Å². The Balaban J connectivity index is 2.19. The maximum Gasteiger partial charge on any atom is 0.416 e. The Hall–Kier alpha value is -0.750. The normalized spacial score (nSPS) is 19.0. The summed E-state index contributed by atoms with van der Waals surface area (Å²) in [6, 6.07) is 4.31. The van der Waals surface area contributed by atoms with Crippen LogP contribution in [0.2, 0.25) is 0 Å². The van der Waals surface area contributed by atoms with Crippen molar-refractivity contribution in [3.05, 3.63) is 28.2 Å². The standard InChI is InChI=1S/C15H20BrF3N2/c1-2-8-21(10-12-4-3-7-20-12)14-6-5-11(9-13(14)16)15(17,18)19/h5-6,9,12,20H,2-4,7-8,10H2,1H3. The number of hydrogen-bond acceptors (Lipinski definition) is 2. The van der Waals surface area contributed by atoms with E-state index in [0.717, 1.165) is 44.2 Å². The molecule has 1 aromatic rings. The summed E-state index contributed by atoms with van der Waals surface area (Å²) in [6.07, 6.45) is -1.05. The predicted octanol–water partition coefficient (Wildman–Crippen LogP) is 4.44. The minimum absolute atomic E-state index is 0.422. The van der Waals surface area contributed by atoms with Gasteiger partial charge in [0.05, 0.1) is 11.3 Å². The molecule has 1 N–H and O–H groups in total. The first-order valence-electron chi connectivity index (χ1n) is 7.27. The fourth-order valence-corrected chi connectivity index (χ4v) is 3.33. The fourth-order valence-electron chi connectivity index (χ4n) is 2.70. The third-order valence-corrected chi connectivity index (χ3v) is 4.35. The number of hydrogen-bond donors (Lipinski definition) is 1. The van der Waals surface area contributed by atoms with Gasteiger partial charge in [-0.3, -0.25) is 0 Å². The van der Waals surface area contributed by atoms with Gasteiger partial charge in [-0.15, -0.1) is 0 Å². The number of nitrogens with one attached hydrogen (secondary N) is 1. The molecule has 118 valence electrons. The van der Waals surface area contributed by atoms with Crippen LogP contribution in [0.4, 0.5) is 18.9 Å². The number of anilines is 1. The molecule has 0 radical (unpaired) electrons. The van der Waals surface area contributed by atoms with Gasteiger partial charge in [-0.05, 0) is 59.9 Å². The second-order valence-corrected chi connectivity index (χ2v) is 6.26. The largest absolute Gasteiger partial charge is 0.416 e. The molecule has 1 aliphatic heterocycles. The smallest absolute Gasteiger partial charge is 0.369 e. The van der Waals surface area contributed by atoms with Crippen molar-refractivity contribution in [3.63, 3.8) is 0 Å². The van der Waals surface area contributed by atoms with Crippen LogP contribution in [-0.4, -0.2) is 25.7 Å². The van der Waals surface area contributed by atoms with E-state index < -0.39 is 11.7 Å². The van der Waals surface area contributed by atoms with E-state index in [1.54, 1.807) is 6.07 Å². The summed E-state index contributed by atoms with van der Waals surface area (Å²) in [5, 5.41) is 3.43. The maximum absolute atomic E-state index is 12.7. The Morgan fingerprint density at radius 1 is 1.38 bits per heavy atom. The van der Waals surface area contributed by atoms with E-state index in [9.17, 15) is 13.2 Å². The van der Waals surface area contributed by atoms with Gasteiger partial charge in [-0.25, -0.2) is 0 Å². The molecule has 2 nitrogen and oxygen atoms in total. The summed E-state index contributed by atoms with van der Waals surface area (Å²) in [6.45, 7) is 4.77. The molecule has 0 spiro atoms. The zero-order valence-corrected chi connectivity index (χ0v) is 13.6. The van der Waals surface area contributed by atoms with Crippen molar-refractivity contribution < 1.29 is 13.2 Å². The highest BCUT2D eigenvalue weighted by molar-refractivity contribution is 9.10. The number of nitrogens with zero attached hydrogens (tertiary/aromatic N) is 1. The minimum atomic E-state index is -4.30. The van der Waals surface area contributed by atoms with Gasteiger partial charge in [0.1, 0.15) is 0 Å². The molecular weight excluding hydrogens is 345 g/mol. The summed E-state index contributed by atoms with van der Waals surface area (Å²) in [4.78, 5) is 2.16. The molecule has 1 aliphatic rings. The van der Waals surface area contributed by atoms with Crippen molar-refractivity contribution in [2.24, 2.45) is 0 Å². The Bertz CT molecular complexity index is 470. The van der Waals surface area contributed by atoms with Crippen LogP contribution in [0.25, 0.3) is 0 Å². The summed E-state index contributed by atoms with van der Waals surface area (Å²) in [5.74, 6) is 0. The molecule has 1 fully saturated rings. The lowest BCUT2D eigenvalue weighted by Gasteiger charge is -2.29. The highest BCUT2D eigenvalue weighted by atomic mass is 79.9. The van der Waals surface area contributed by atoms with Crippen LogP contribution in [0.15, 0.2) is 22.7 Å². The predicted molar refractivity (Wildman–Crippen MR) is 82.7 cm³/mol. The van der Waals surface area contributed by atoms with Gasteiger partial charge in [0.25, 0.3) is 0 Å². The first kappa shape index (κ1) is 16.6. The second kappa shape index (κ2) is 7.01. The molecule has 0 saturated carbocycles. The van der Waals surface area contributed by atoms with Gasteiger partial charge >= 0.3 is 6.18 Å². The summed E-state index contributed by atoms with van der Waals surface area (Å²) < 4.78 is 38.7. The first-order chi connectivity index (χ1) is 9.91. The van der Waals surface area contributed by atoms with Gasteiger partial charge in [-0.1, -0.05) is 6.92 Å². The van der Waals surface area contributed by atoms with Gasteiger partial charge in [-0.2, -0.15) is 13.2 Å². The van der Waals surface area contributed by atoms with Crippen molar-refractivity contribution >= 4 is 21.6 Å². The fraction of sp³-hybridized carbons (Fsp3) is 0.600. The lowest BCUT2D eigenvalue weighted by Crippen LogP contribution is -2.38. The van der Waals surface area contributed by atoms with Gasteiger partial charge in [0.15, 0.2) is 0 Å². The van der Waals surface area contributed by atoms with Crippen LogP contribution in [0, 0.1) is 0 Å². The Kier molecular flexibility index (Phi) is 5.54.